The van der Waals surface area contributed by atoms with Crippen molar-refractivity contribution in [3.8, 4) is 0 Å². The molecule has 0 spiro atoms. The Morgan fingerprint density at radius 2 is 2.27 bits per heavy atom. The molecule has 5 heteroatoms. The molecule has 1 rings (SSSR count). The topological polar surface area (TPSA) is 63.0 Å². The molecule has 0 aromatic carbocycles. The average Bonchev–Trinajstić information content (AvgIpc) is 2.58. The first-order valence-electron chi connectivity index (χ1n) is 5.33. The highest BCUT2D eigenvalue weighted by Crippen LogP contribution is 2.08. The Balaban J connectivity index is 2.39. The fourth-order valence-corrected chi connectivity index (χ4v) is 1.17. The lowest BCUT2D eigenvalue weighted by molar-refractivity contribution is 0.0649. The molecule has 0 atom stereocenters. The Morgan fingerprint density at radius 3 is 2.87 bits per heavy atom. The lowest BCUT2D eigenvalue weighted by atomic mass is 10.1. The third-order valence-electron chi connectivity index (χ3n) is 2.09. The van der Waals surface area contributed by atoms with Crippen LogP contribution in [0.25, 0.3) is 0 Å². The Bertz CT molecular complexity index is 290. The molecular weight excluding hydrogens is 192 g/mol. The summed E-state index contributed by atoms with van der Waals surface area (Å²) in [4.78, 5) is 0. The van der Waals surface area contributed by atoms with Crippen LogP contribution in [-0.4, -0.2) is 32.2 Å². The fourth-order valence-electron chi connectivity index (χ4n) is 1.17. The Hall–Kier alpha value is -0.940. The largest absolute Gasteiger partial charge is 0.390 e. The molecule has 0 unspecified atom stereocenters. The van der Waals surface area contributed by atoms with Crippen LogP contribution < -0.4 is 5.32 Å². The molecule has 1 aromatic heterocycles. The second-order valence-corrected chi connectivity index (χ2v) is 4.32. The van der Waals surface area contributed by atoms with Gasteiger partial charge in [-0.3, -0.25) is 4.68 Å². The third-order valence-corrected chi connectivity index (χ3v) is 2.09. The van der Waals surface area contributed by atoms with E-state index in [1.807, 2.05) is 6.20 Å². The number of nitrogens with one attached hydrogen (secondary N) is 1. The van der Waals surface area contributed by atoms with Crippen molar-refractivity contribution < 1.29 is 5.11 Å². The van der Waals surface area contributed by atoms with Crippen molar-refractivity contribution in [2.75, 3.05) is 6.54 Å². The van der Waals surface area contributed by atoms with Gasteiger partial charge in [-0.25, -0.2) is 0 Å². The molecule has 1 aromatic rings. The van der Waals surface area contributed by atoms with Crippen LogP contribution in [0.4, 0.5) is 0 Å². The molecule has 1 heterocycles. The lowest BCUT2D eigenvalue weighted by Gasteiger charge is -2.15. The van der Waals surface area contributed by atoms with Gasteiger partial charge in [0.15, 0.2) is 0 Å². The minimum atomic E-state index is -0.645. The van der Waals surface area contributed by atoms with E-state index in [2.05, 4.69) is 22.6 Å². The number of rotatable bonds is 6. The van der Waals surface area contributed by atoms with Crippen LogP contribution in [0.2, 0.25) is 0 Å². The molecule has 0 aliphatic heterocycles. The second kappa shape index (κ2) is 5.23. The summed E-state index contributed by atoms with van der Waals surface area (Å²) in [6.45, 7) is 8.02. The number of aryl methyl sites for hydroxylation is 1. The average molecular weight is 212 g/mol. The zero-order valence-electron chi connectivity index (χ0n) is 9.69. The SMILES string of the molecule is CCNCc1cn(CCC(C)(C)O)nn1. The summed E-state index contributed by atoms with van der Waals surface area (Å²) in [5, 5.41) is 20.7. The van der Waals surface area contributed by atoms with Gasteiger partial charge in [-0.1, -0.05) is 12.1 Å². The summed E-state index contributed by atoms with van der Waals surface area (Å²) in [6.07, 6.45) is 2.59. The first-order valence-corrected chi connectivity index (χ1v) is 5.33. The standard InChI is InChI=1S/C10H20N4O/c1-4-11-7-9-8-14(13-12-9)6-5-10(2,3)15/h8,11,15H,4-7H2,1-3H3. The van der Waals surface area contributed by atoms with Crippen LogP contribution >= 0.6 is 0 Å². The van der Waals surface area contributed by atoms with E-state index in [-0.39, 0.29) is 0 Å². The molecule has 0 saturated heterocycles. The molecule has 0 amide bonds. The van der Waals surface area contributed by atoms with Gasteiger partial charge in [0.05, 0.1) is 11.3 Å². The van der Waals surface area contributed by atoms with Crippen molar-refractivity contribution in [1.29, 1.82) is 0 Å². The summed E-state index contributed by atoms with van der Waals surface area (Å²) in [7, 11) is 0. The highest BCUT2D eigenvalue weighted by Gasteiger charge is 2.12. The molecule has 0 saturated carbocycles. The molecule has 86 valence electrons. The van der Waals surface area contributed by atoms with Gasteiger partial charge >= 0.3 is 0 Å². The highest BCUT2D eigenvalue weighted by atomic mass is 16.3. The van der Waals surface area contributed by atoms with E-state index in [9.17, 15) is 5.11 Å². The molecule has 0 radical (unpaired) electrons. The maximum Gasteiger partial charge on any atom is 0.0964 e. The van der Waals surface area contributed by atoms with Crippen LogP contribution in [0, 0.1) is 0 Å². The Labute approximate surface area is 90.5 Å². The molecule has 0 bridgehead atoms. The van der Waals surface area contributed by atoms with Gasteiger partial charge in [-0.2, -0.15) is 0 Å². The minimum Gasteiger partial charge on any atom is -0.390 e. The predicted octanol–water partition coefficient (Wildman–Crippen LogP) is 0.549. The molecule has 2 N–H and O–H groups in total. The first-order chi connectivity index (χ1) is 7.01. The minimum absolute atomic E-state index is 0.645. The van der Waals surface area contributed by atoms with E-state index in [0.717, 1.165) is 18.8 Å². The zero-order chi connectivity index (χ0) is 11.3. The number of nitrogens with zero attached hydrogens (tertiary/aromatic N) is 3. The van der Waals surface area contributed by atoms with Crippen LogP contribution in [0.1, 0.15) is 32.9 Å². The molecular formula is C10H20N4O. The van der Waals surface area contributed by atoms with Gasteiger partial charge in [0, 0.05) is 19.3 Å². The maximum absolute atomic E-state index is 9.55. The molecule has 15 heavy (non-hydrogen) atoms. The number of aromatic nitrogens is 3. The van der Waals surface area contributed by atoms with Gasteiger partial charge in [-0.15, -0.1) is 5.10 Å². The van der Waals surface area contributed by atoms with Gasteiger partial charge in [0.25, 0.3) is 0 Å². The Morgan fingerprint density at radius 1 is 1.53 bits per heavy atom. The quantitative estimate of drug-likeness (QED) is 0.723. The van der Waals surface area contributed by atoms with Crippen molar-refractivity contribution in [2.45, 2.75) is 45.9 Å². The normalized spacial score (nSPS) is 12.0. The van der Waals surface area contributed by atoms with E-state index in [1.165, 1.54) is 0 Å². The smallest absolute Gasteiger partial charge is 0.0964 e. The van der Waals surface area contributed by atoms with E-state index in [1.54, 1.807) is 18.5 Å². The summed E-state index contributed by atoms with van der Waals surface area (Å²) in [5.41, 5.74) is 0.293. The van der Waals surface area contributed by atoms with Gasteiger partial charge in [0.2, 0.25) is 0 Å². The van der Waals surface area contributed by atoms with Crippen molar-refractivity contribution in [1.82, 2.24) is 20.3 Å². The molecule has 0 aliphatic rings. The highest BCUT2D eigenvalue weighted by molar-refractivity contribution is 4.91. The predicted molar refractivity (Wildman–Crippen MR) is 58.3 cm³/mol. The molecule has 5 nitrogen and oxygen atoms in total. The fraction of sp³-hybridized carbons (Fsp3) is 0.800. The van der Waals surface area contributed by atoms with Crippen LogP contribution in [0.3, 0.4) is 0 Å². The second-order valence-electron chi connectivity index (χ2n) is 4.32. The number of hydrogen-bond acceptors (Lipinski definition) is 4. The summed E-state index contributed by atoms with van der Waals surface area (Å²) in [5.74, 6) is 0. The third kappa shape index (κ3) is 4.90. The summed E-state index contributed by atoms with van der Waals surface area (Å²) >= 11 is 0. The van der Waals surface area contributed by atoms with Crippen molar-refractivity contribution in [3.63, 3.8) is 0 Å². The van der Waals surface area contributed by atoms with E-state index >= 15 is 0 Å². The van der Waals surface area contributed by atoms with E-state index in [4.69, 9.17) is 0 Å². The van der Waals surface area contributed by atoms with Crippen molar-refractivity contribution in [2.24, 2.45) is 0 Å². The number of hydrogen-bond donors (Lipinski definition) is 2. The van der Waals surface area contributed by atoms with Crippen molar-refractivity contribution >= 4 is 0 Å². The first kappa shape index (κ1) is 12.1. The van der Waals surface area contributed by atoms with Gasteiger partial charge < -0.3 is 10.4 Å². The van der Waals surface area contributed by atoms with E-state index < -0.39 is 5.60 Å². The number of aliphatic hydroxyl groups is 1. The lowest BCUT2D eigenvalue weighted by Crippen LogP contribution is -2.21. The molecule has 0 fully saturated rings. The van der Waals surface area contributed by atoms with E-state index in [0.29, 0.717) is 13.0 Å². The van der Waals surface area contributed by atoms with Gasteiger partial charge in [0.1, 0.15) is 0 Å². The summed E-state index contributed by atoms with van der Waals surface area (Å²) < 4.78 is 1.77. The van der Waals surface area contributed by atoms with Crippen LogP contribution in [0.15, 0.2) is 6.20 Å². The monoisotopic (exact) mass is 212 g/mol. The molecule has 0 aliphatic carbocycles. The maximum atomic E-state index is 9.55. The Kier molecular flexibility index (Phi) is 4.23. The summed E-state index contributed by atoms with van der Waals surface area (Å²) in [6, 6.07) is 0. The van der Waals surface area contributed by atoms with Crippen molar-refractivity contribution in [3.05, 3.63) is 11.9 Å². The zero-order valence-corrected chi connectivity index (χ0v) is 9.69. The van der Waals surface area contributed by atoms with Crippen LogP contribution in [-0.2, 0) is 13.1 Å². The van der Waals surface area contributed by atoms with Crippen LogP contribution in [0.5, 0.6) is 0 Å². The van der Waals surface area contributed by atoms with Gasteiger partial charge in [-0.05, 0) is 26.8 Å².